The summed E-state index contributed by atoms with van der Waals surface area (Å²) in [5.41, 5.74) is 2.02. The van der Waals surface area contributed by atoms with Crippen LogP contribution in [-0.4, -0.2) is 61.8 Å². The molecule has 1 aliphatic heterocycles. The number of amides is 1. The lowest BCUT2D eigenvalue weighted by atomic mass is 10.1. The number of ether oxygens (including phenoxy) is 2. The van der Waals surface area contributed by atoms with E-state index in [1.807, 2.05) is 43.3 Å². The first-order valence-electron chi connectivity index (χ1n) is 10.6. The van der Waals surface area contributed by atoms with E-state index in [1.54, 1.807) is 0 Å². The standard InChI is InChI=1S/C23H28N4O3S/c1-2-30-18-8-9-19-21(14-18)31-23(25-19)26-22(28)15-24-20(17-6-4-3-5-7-17)16-27-10-12-29-13-11-27/h3-9,14,20,24H,2,10-13,15-16H2,1H3,(H,25,26,28). The summed E-state index contributed by atoms with van der Waals surface area (Å²) < 4.78 is 12.0. The average molecular weight is 441 g/mol. The van der Waals surface area contributed by atoms with E-state index >= 15 is 0 Å². The zero-order valence-corrected chi connectivity index (χ0v) is 18.5. The van der Waals surface area contributed by atoms with Crippen molar-refractivity contribution in [2.45, 2.75) is 13.0 Å². The van der Waals surface area contributed by atoms with Crippen LogP contribution in [0.5, 0.6) is 5.75 Å². The number of hydrogen-bond acceptors (Lipinski definition) is 7. The lowest BCUT2D eigenvalue weighted by Crippen LogP contribution is -2.43. The molecule has 1 amide bonds. The first-order chi connectivity index (χ1) is 15.2. The Kier molecular flexibility index (Phi) is 7.48. The minimum atomic E-state index is -0.105. The summed E-state index contributed by atoms with van der Waals surface area (Å²) in [6, 6.07) is 16.1. The van der Waals surface area contributed by atoms with E-state index in [9.17, 15) is 4.79 Å². The van der Waals surface area contributed by atoms with Crippen molar-refractivity contribution in [2.24, 2.45) is 0 Å². The average Bonchev–Trinajstić information content (AvgIpc) is 3.19. The topological polar surface area (TPSA) is 75.7 Å². The van der Waals surface area contributed by atoms with Crippen LogP contribution in [-0.2, 0) is 9.53 Å². The predicted octanol–water partition coefficient (Wildman–Crippen LogP) is 3.30. The van der Waals surface area contributed by atoms with Gasteiger partial charge in [-0.2, -0.15) is 0 Å². The molecule has 0 spiro atoms. The highest BCUT2D eigenvalue weighted by atomic mass is 32.1. The van der Waals surface area contributed by atoms with Crippen LogP contribution in [0.3, 0.4) is 0 Å². The molecule has 0 bridgehead atoms. The smallest absolute Gasteiger partial charge is 0.240 e. The molecule has 1 aromatic heterocycles. The molecule has 7 nitrogen and oxygen atoms in total. The summed E-state index contributed by atoms with van der Waals surface area (Å²) in [6.45, 7) is 6.95. The molecular formula is C23H28N4O3S. The fourth-order valence-corrected chi connectivity index (χ4v) is 4.52. The molecule has 1 unspecified atom stereocenters. The first kappa shape index (κ1) is 21.7. The predicted molar refractivity (Wildman–Crippen MR) is 124 cm³/mol. The number of aromatic nitrogens is 1. The summed E-state index contributed by atoms with van der Waals surface area (Å²) in [5.74, 6) is 0.707. The van der Waals surface area contributed by atoms with Crippen LogP contribution in [0.4, 0.5) is 5.13 Å². The van der Waals surface area contributed by atoms with Gasteiger partial charge in [0, 0.05) is 25.7 Å². The molecule has 2 heterocycles. The van der Waals surface area contributed by atoms with Gasteiger partial charge >= 0.3 is 0 Å². The van der Waals surface area contributed by atoms with Gasteiger partial charge in [-0.3, -0.25) is 9.69 Å². The number of carbonyl (C=O) groups is 1. The van der Waals surface area contributed by atoms with Crippen LogP contribution in [0.2, 0.25) is 0 Å². The van der Waals surface area contributed by atoms with E-state index in [-0.39, 0.29) is 18.5 Å². The van der Waals surface area contributed by atoms with Crippen LogP contribution in [0.15, 0.2) is 48.5 Å². The summed E-state index contributed by atoms with van der Waals surface area (Å²) in [7, 11) is 0. The molecule has 164 valence electrons. The summed E-state index contributed by atoms with van der Waals surface area (Å²) in [5, 5.41) is 6.95. The largest absolute Gasteiger partial charge is 0.494 e. The van der Waals surface area contributed by atoms with Crippen LogP contribution in [0.25, 0.3) is 10.2 Å². The second-order valence-corrected chi connectivity index (χ2v) is 8.42. The maximum atomic E-state index is 12.6. The van der Waals surface area contributed by atoms with Crippen molar-refractivity contribution in [3.63, 3.8) is 0 Å². The Balaban J connectivity index is 1.37. The number of fused-ring (bicyclic) bond motifs is 1. The number of thiazole rings is 1. The molecule has 31 heavy (non-hydrogen) atoms. The van der Waals surface area contributed by atoms with Gasteiger partial charge in [0.15, 0.2) is 5.13 Å². The molecule has 1 aliphatic rings. The molecular weight excluding hydrogens is 412 g/mol. The summed E-state index contributed by atoms with van der Waals surface area (Å²) in [6.07, 6.45) is 0. The molecule has 0 aliphatic carbocycles. The van der Waals surface area contributed by atoms with Gasteiger partial charge in [-0.1, -0.05) is 41.7 Å². The highest BCUT2D eigenvalue weighted by Gasteiger charge is 2.19. The number of morpholine rings is 1. The number of nitrogens with one attached hydrogen (secondary N) is 2. The fourth-order valence-electron chi connectivity index (χ4n) is 3.61. The van der Waals surface area contributed by atoms with E-state index in [0.29, 0.717) is 11.7 Å². The number of nitrogens with zero attached hydrogens (tertiary/aromatic N) is 2. The third-order valence-electron chi connectivity index (χ3n) is 5.17. The minimum Gasteiger partial charge on any atom is -0.494 e. The SMILES string of the molecule is CCOc1ccc2nc(NC(=O)CNC(CN3CCOCC3)c3ccccc3)sc2c1. The monoisotopic (exact) mass is 440 g/mol. The molecule has 3 aromatic rings. The molecule has 0 saturated carbocycles. The van der Waals surface area contributed by atoms with Crippen molar-refractivity contribution in [2.75, 3.05) is 51.3 Å². The normalized spacial score (nSPS) is 15.6. The number of carbonyl (C=O) groups excluding carboxylic acids is 1. The Bertz CT molecular complexity index is 989. The summed E-state index contributed by atoms with van der Waals surface area (Å²) >= 11 is 1.45. The zero-order valence-electron chi connectivity index (χ0n) is 17.7. The first-order valence-corrected chi connectivity index (χ1v) is 11.4. The molecule has 8 heteroatoms. The van der Waals surface area contributed by atoms with E-state index in [2.05, 4.69) is 32.7 Å². The van der Waals surface area contributed by atoms with E-state index in [4.69, 9.17) is 9.47 Å². The van der Waals surface area contributed by atoms with Crippen LogP contribution in [0, 0.1) is 0 Å². The van der Waals surface area contributed by atoms with Crippen LogP contribution >= 0.6 is 11.3 Å². The molecule has 2 N–H and O–H groups in total. The molecule has 1 atom stereocenters. The van der Waals surface area contributed by atoms with Crippen LogP contribution in [0.1, 0.15) is 18.5 Å². The quantitative estimate of drug-likeness (QED) is 0.532. The fraction of sp³-hybridized carbons (Fsp3) is 0.391. The highest BCUT2D eigenvalue weighted by molar-refractivity contribution is 7.22. The Morgan fingerprint density at radius 2 is 2.03 bits per heavy atom. The molecule has 4 rings (SSSR count). The van der Waals surface area contributed by atoms with Crippen molar-refractivity contribution >= 4 is 32.6 Å². The van der Waals surface area contributed by atoms with Crippen molar-refractivity contribution in [3.8, 4) is 5.75 Å². The van der Waals surface area contributed by atoms with Gasteiger partial charge in [0.2, 0.25) is 5.91 Å². The van der Waals surface area contributed by atoms with E-state index in [1.165, 1.54) is 16.9 Å². The number of benzene rings is 2. The van der Waals surface area contributed by atoms with E-state index in [0.717, 1.165) is 48.8 Å². The molecule has 1 fully saturated rings. The Labute approximate surface area is 186 Å². The maximum absolute atomic E-state index is 12.6. The van der Waals surface area contributed by atoms with Gasteiger partial charge in [0.05, 0.1) is 36.6 Å². The Morgan fingerprint density at radius 3 is 2.81 bits per heavy atom. The second kappa shape index (κ2) is 10.7. The van der Waals surface area contributed by atoms with Gasteiger partial charge in [0.25, 0.3) is 0 Å². The molecule has 1 saturated heterocycles. The van der Waals surface area contributed by atoms with Gasteiger partial charge in [0.1, 0.15) is 5.75 Å². The van der Waals surface area contributed by atoms with Gasteiger partial charge < -0.3 is 20.1 Å². The second-order valence-electron chi connectivity index (χ2n) is 7.39. The molecule has 2 aromatic carbocycles. The van der Waals surface area contributed by atoms with Gasteiger partial charge in [-0.05, 0) is 30.7 Å². The van der Waals surface area contributed by atoms with E-state index < -0.39 is 0 Å². The Morgan fingerprint density at radius 1 is 1.23 bits per heavy atom. The molecule has 0 radical (unpaired) electrons. The maximum Gasteiger partial charge on any atom is 0.240 e. The van der Waals surface area contributed by atoms with Crippen LogP contribution < -0.4 is 15.4 Å². The van der Waals surface area contributed by atoms with Gasteiger partial charge in [-0.25, -0.2) is 4.98 Å². The number of hydrogen-bond donors (Lipinski definition) is 2. The third kappa shape index (κ3) is 6.01. The van der Waals surface area contributed by atoms with Gasteiger partial charge in [-0.15, -0.1) is 0 Å². The lowest BCUT2D eigenvalue weighted by molar-refractivity contribution is -0.115. The van der Waals surface area contributed by atoms with Crippen molar-refractivity contribution < 1.29 is 14.3 Å². The minimum absolute atomic E-state index is 0.0640. The van der Waals surface area contributed by atoms with Crippen molar-refractivity contribution in [1.82, 2.24) is 15.2 Å². The summed E-state index contributed by atoms with van der Waals surface area (Å²) in [4.78, 5) is 19.5. The van der Waals surface area contributed by atoms with Crippen molar-refractivity contribution in [3.05, 3.63) is 54.1 Å². The highest BCUT2D eigenvalue weighted by Crippen LogP contribution is 2.29. The Hall–Kier alpha value is -2.52. The third-order valence-corrected chi connectivity index (χ3v) is 6.11. The zero-order chi connectivity index (χ0) is 21.5. The lowest BCUT2D eigenvalue weighted by Gasteiger charge is -2.31. The number of rotatable bonds is 9. The number of anilines is 1. The van der Waals surface area contributed by atoms with Crippen molar-refractivity contribution in [1.29, 1.82) is 0 Å².